The van der Waals surface area contributed by atoms with Gasteiger partial charge in [0.25, 0.3) is 0 Å². The first-order valence-corrected chi connectivity index (χ1v) is 10.5. The number of unbranched alkanes of at least 4 members (excludes halogenated alkanes) is 1. The van der Waals surface area contributed by atoms with E-state index in [-0.39, 0.29) is 35.0 Å². The van der Waals surface area contributed by atoms with Crippen molar-refractivity contribution in [2.45, 2.75) is 26.7 Å². The van der Waals surface area contributed by atoms with Gasteiger partial charge in [-0.15, -0.1) is 4.68 Å². The molecule has 0 aliphatic heterocycles. The molecule has 11 nitrogen and oxygen atoms in total. The van der Waals surface area contributed by atoms with E-state index in [9.17, 15) is 23.9 Å². The van der Waals surface area contributed by atoms with Crippen molar-refractivity contribution in [1.82, 2.24) is 19.8 Å². The van der Waals surface area contributed by atoms with Gasteiger partial charge in [0, 0.05) is 6.54 Å². The number of rotatable bonds is 9. The van der Waals surface area contributed by atoms with Crippen molar-refractivity contribution in [2.24, 2.45) is 0 Å². The Morgan fingerprint density at radius 1 is 1.15 bits per heavy atom. The summed E-state index contributed by atoms with van der Waals surface area (Å²) < 4.78 is 26.4. The number of nitrogens with zero attached hydrogens (tertiary/aromatic N) is 5. The number of benzene rings is 2. The minimum Gasteiger partial charge on any atom is -0.494 e. The quantitative estimate of drug-likeness (QED) is 0.371. The van der Waals surface area contributed by atoms with E-state index in [1.807, 2.05) is 6.92 Å². The maximum Gasteiger partial charge on any atom is 0.377 e. The Balaban J connectivity index is 2.06. The largest absolute Gasteiger partial charge is 0.494 e. The summed E-state index contributed by atoms with van der Waals surface area (Å²) in [7, 11) is 1.30. The van der Waals surface area contributed by atoms with Crippen molar-refractivity contribution in [1.29, 1.82) is 0 Å². The number of ether oxygens (including phenoxy) is 2. The van der Waals surface area contributed by atoms with Gasteiger partial charge in [0.05, 0.1) is 25.0 Å². The van der Waals surface area contributed by atoms with Crippen molar-refractivity contribution in [2.75, 3.05) is 25.2 Å². The van der Waals surface area contributed by atoms with Gasteiger partial charge in [0.1, 0.15) is 17.2 Å². The van der Waals surface area contributed by atoms with Gasteiger partial charge in [-0.25, -0.2) is 18.8 Å². The number of aromatic carboxylic acids is 1. The van der Waals surface area contributed by atoms with E-state index in [0.717, 1.165) is 23.8 Å². The molecule has 180 valence electrons. The standard InChI is InChI=1S/C22H24FN5O6/c1-4-6-12-34-17-11-10-14(20(29)30)13-16(17)26(5-2)21(31)28-22(32)27(24-25-28)19-15(23)8-7-9-18(19)33-3/h7-11,13H,4-6,12H2,1-3H3,(H,29,30). The minimum absolute atomic E-state index is 0.0229. The fourth-order valence-corrected chi connectivity index (χ4v) is 3.21. The summed E-state index contributed by atoms with van der Waals surface area (Å²) >= 11 is 0. The van der Waals surface area contributed by atoms with Gasteiger partial charge >= 0.3 is 17.7 Å². The molecule has 0 bridgehead atoms. The Morgan fingerprint density at radius 3 is 2.56 bits per heavy atom. The number of hydrogen-bond acceptors (Lipinski definition) is 7. The van der Waals surface area contributed by atoms with Crippen LogP contribution >= 0.6 is 0 Å². The van der Waals surface area contributed by atoms with E-state index in [2.05, 4.69) is 10.4 Å². The molecule has 2 aromatic carbocycles. The number of para-hydroxylation sites is 1. The van der Waals surface area contributed by atoms with Crippen LogP contribution in [0.4, 0.5) is 14.9 Å². The van der Waals surface area contributed by atoms with E-state index in [0.29, 0.717) is 16.0 Å². The summed E-state index contributed by atoms with van der Waals surface area (Å²) in [6, 6.07) is 7.11. The van der Waals surface area contributed by atoms with Gasteiger partial charge in [0.2, 0.25) is 0 Å². The highest BCUT2D eigenvalue weighted by Crippen LogP contribution is 2.31. The highest BCUT2D eigenvalue weighted by Gasteiger charge is 2.27. The van der Waals surface area contributed by atoms with Crippen LogP contribution in [0, 0.1) is 5.82 Å². The zero-order valence-corrected chi connectivity index (χ0v) is 18.9. The number of carbonyl (C=O) groups is 2. The fraction of sp³-hybridized carbons (Fsp3) is 0.318. The second-order valence-corrected chi connectivity index (χ2v) is 7.09. The van der Waals surface area contributed by atoms with E-state index < -0.39 is 23.5 Å². The summed E-state index contributed by atoms with van der Waals surface area (Å²) in [4.78, 5) is 38.9. The van der Waals surface area contributed by atoms with Crippen molar-refractivity contribution in [3.8, 4) is 17.2 Å². The number of halogens is 1. The molecule has 3 aromatic rings. The molecule has 0 atom stereocenters. The topological polar surface area (TPSA) is 129 Å². The van der Waals surface area contributed by atoms with Crippen molar-refractivity contribution in [3.05, 3.63) is 58.3 Å². The lowest BCUT2D eigenvalue weighted by Gasteiger charge is -2.23. The predicted molar refractivity (Wildman–Crippen MR) is 120 cm³/mol. The van der Waals surface area contributed by atoms with Crippen molar-refractivity contribution >= 4 is 17.7 Å². The second-order valence-electron chi connectivity index (χ2n) is 7.09. The summed E-state index contributed by atoms with van der Waals surface area (Å²) in [5, 5.41) is 16.7. The summed E-state index contributed by atoms with van der Waals surface area (Å²) in [6.45, 7) is 4.02. The molecule has 12 heteroatoms. The first-order valence-electron chi connectivity index (χ1n) is 10.5. The molecule has 1 amide bonds. The third kappa shape index (κ3) is 4.75. The molecule has 34 heavy (non-hydrogen) atoms. The zero-order chi connectivity index (χ0) is 24.8. The van der Waals surface area contributed by atoms with E-state index >= 15 is 0 Å². The lowest BCUT2D eigenvalue weighted by Crippen LogP contribution is -2.41. The Labute approximate surface area is 193 Å². The highest BCUT2D eigenvalue weighted by molar-refractivity contribution is 5.97. The van der Waals surface area contributed by atoms with Crippen LogP contribution < -0.4 is 20.1 Å². The molecule has 0 aliphatic rings. The smallest absolute Gasteiger partial charge is 0.377 e. The van der Waals surface area contributed by atoms with Crippen molar-refractivity contribution < 1.29 is 28.6 Å². The lowest BCUT2D eigenvalue weighted by molar-refractivity contribution is 0.0696. The van der Waals surface area contributed by atoms with Crippen LogP contribution in [0.3, 0.4) is 0 Å². The first-order chi connectivity index (χ1) is 16.3. The number of carboxylic acids is 1. The van der Waals surface area contributed by atoms with Crippen LogP contribution in [0.1, 0.15) is 37.0 Å². The van der Waals surface area contributed by atoms with Crippen LogP contribution in [0.25, 0.3) is 5.69 Å². The van der Waals surface area contributed by atoms with Gasteiger partial charge in [-0.05, 0) is 54.1 Å². The van der Waals surface area contributed by atoms with Crippen LogP contribution in [-0.2, 0) is 0 Å². The van der Waals surface area contributed by atoms with Crippen molar-refractivity contribution in [3.63, 3.8) is 0 Å². The average Bonchev–Trinajstić information content (AvgIpc) is 3.20. The molecule has 0 saturated heterocycles. The van der Waals surface area contributed by atoms with E-state index in [4.69, 9.17) is 9.47 Å². The Hall–Kier alpha value is -4.22. The Bertz CT molecular complexity index is 1250. The number of aromatic nitrogens is 4. The molecule has 0 radical (unpaired) electrons. The zero-order valence-electron chi connectivity index (χ0n) is 18.9. The minimum atomic E-state index is -1.19. The highest BCUT2D eigenvalue weighted by atomic mass is 19.1. The number of amides is 1. The average molecular weight is 473 g/mol. The molecule has 1 aromatic heterocycles. The molecular formula is C22H24FN5O6. The number of hydrogen-bond donors (Lipinski definition) is 1. The molecule has 3 rings (SSSR count). The van der Waals surface area contributed by atoms with Crippen LogP contribution in [0.15, 0.2) is 41.2 Å². The SMILES string of the molecule is CCCCOc1ccc(C(=O)O)cc1N(CC)C(=O)n1nnn(-c2c(F)cccc2OC)c1=O. The fourth-order valence-electron chi connectivity index (χ4n) is 3.21. The lowest BCUT2D eigenvalue weighted by atomic mass is 10.1. The summed E-state index contributed by atoms with van der Waals surface area (Å²) in [5.74, 6) is -1.70. The van der Waals surface area contributed by atoms with Gasteiger partial charge in [-0.2, -0.15) is 4.68 Å². The first kappa shape index (κ1) is 24.4. The van der Waals surface area contributed by atoms with E-state index in [1.54, 1.807) is 6.92 Å². The molecule has 0 fully saturated rings. The number of methoxy groups -OCH3 is 1. The normalized spacial score (nSPS) is 10.7. The number of anilines is 1. The molecule has 0 saturated carbocycles. The molecule has 0 unspecified atom stereocenters. The molecule has 1 N–H and O–H groups in total. The second kappa shape index (κ2) is 10.6. The maximum atomic E-state index is 14.4. The third-order valence-electron chi connectivity index (χ3n) is 4.94. The number of carboxylic acid groups (broad SMARTS) is 1. The van der Waals surface area contributed by atoms with Gasteiger partial charge in [0.15, 0.2) is 5.82 Å². The summed E-state index contributed by atoms with van der Waals surface area (Å²) in [5.41, 5.74) is -1.26. The maximum absolute atomic E-state index is 14.4. The third-order valence-corrected chi connectivity index (χ3v) is 4.94. The molecule has 1 heterocycles. The van der Waals surface area contributed by atoms with Crippen LogP contribution in [0.5, 0.6) is 11.5 Å². The van der Waals surface area contributed by atoms with Crippen LogP contribution in [0.2, 0.25) is 0 Å². The van der Waals surface area contributed by atoms with Gasteiger partial charge < -0.3 is 14.6 Å². The van der Waals surface area contributed by atoms with Crippen LogP contribution in [-0.4, -0.2) is 57.2 Å². The Morgan fingerprint density at radius 2 is 1.91 bits per heavy atom. The summed E-state index contributed by atoms with van der Waals surface area (Å²) in [6.07, 6.45) is 1.62. The Kier molecular flexibility index (Phi) is 7.61. The molecular weight excluding hydrogens is 449 g/mol. The molecule has 0 aliphatic carbocycles. The number of tetrazole rings is 1. The number of carbonyl (C=O) groups excluding carboxylic acids is 1. The van der Waals surface area contributed by atoms with Gasteiger partial charge in [-0.1, -0.05) is 19.4 Å². The molecule has 0 spiro atoms. The van der Waals surface area contributed by atoms with Gasteiger partial charge in [-0.3, -0.25) is 4.90 Å². The monoisotopic (exact) mass is 473 g/mol. The van der Waals surface area contributed by atoms with E-state index in [1.165, 1.54) is 37.4 Å². The predicted octanol–water partition coefficient (Wildman–Crippen LogP) is 2.95.